The number of carbonyl (C=O) groups excluding carboxylic acids is 1. The quantitative estimate of drug-likeness (QED) is 0.546. The zero-order valence-corrected chi connectivity index (χ0v) is 17.0. The topological polar surface area (TPSA) is 81.9 Å². The number of nitriles is 1. The molecule has 3 rings (SSSR count). The molecule has 1 aromatic heterocycles. The first-order valence-corrected chi connectivity index (χ1v) is 10.5. The lowest BCUT2D eigenvalue weighted by molar-refractivity contribution is -0.116. The van der Waals surface area contributed by atoms with Crippen LogP contribution in [0.2, 0.25) is 0 Å². The van der Waals surface area contributed by atoms with Crippen LogP contribution in [0.25, 0.3) is 0 Å². The highest BCUT2D eigenvalue weighted by Gasteiger charge is 2.17. The summed E-state index contributed by atoms with van der Waals surface area (Å²) in [5, 5.41) is 21.0. The minimum absolute atomic E-state index is 0.0585. The molecule has 0 bridgehead atoms. The number of nitrogens with zero attached hydrogens (tertiary/aromatic N) is 4. The molecule has 0 aliphatic heterocycles. The Morgan fingerprint density at radius 3 is 2.64 bits per heavy atom. The Morgan fingerprint density at radius 2 is 1.93 bits per heavy atom. The van der Waals surface area contributed by atoms with Crippen LogP contribution in [0.4, 0.5) is 16.5 Å². The summed E-state index contributed by atoms with van der Waals surface area (Å²) in [6.45, 7) is 2.37. The van der Waals surface area contributed by atoms with E-state index in [0.717, 1.165) is 21.3 Å². The first kappa shape index (κ1) is 19.9. The first-order valence-electron chi connectivity index (χ1n) is 8.68. The van der Waals surface area contributed by atoms with Crippen molar-refractivity contribution in [3.05, 3.63) is 60.2 Å². The van der Waals surface area contributed by atoms with Crippen molar-refractivity contribution in [3.63, 3.8) is 0 Å². The molecule has 8 heteroatoms. The molecule has 0 aliphatic rings. The normalized spacial score (nSPS) is 10.3. The van der Waals surface area contributed by atoms with Gasteiger partial charge >= 0.3 is 0 Å². The highest BCUT2D eigenvalue weighted by molar-refractivity contribution is 8.01. The smallest absolute Gasteiger partial charge is 0.237 e. The fraction of sp³-hybridized carbons (Fsp3) is 0.200. The minimum atomic E-state index is -0.0585. The molecule has 0 spiro atoms. The van der Waals surface area contributed by atoms with Gasteiger partial charge in [-0.3, -0.25) is 4.79 Å². The van der Waals surface area contributed by atoms with Crippen LogP contribution >= 0.6 is 23.1 Å². The van der Waals surface area contributed by atoms with Crippen molar-refractivity contribution in [1.82, 2.24) is 10.2 Å². The van der Waals surface area contributed by atoms with Gasteiger partial charge in [0.05, 0.1) is 18.2 Å². The van der Waals surface area contributed by atoms with Gasteiger partial charge in [-0.15, -0.1) is 10.2 Å². The third kappa shape index (κ3) is 5.55. The van der Waals surface area contributed by atoms with E-state index in [1.165, 1.54) is 23.1 Å². The summed E-state index contributed by atoms with van der Waals surface area (Å²) in [5.41, 5.74) is 2.86. The molecule has 1 amide bonds. The van der Waals surface area contributed by atoms with Crippen LogP contribution in [-0.4, -0.2) is 28.4 Å². The van der Waals surface area contributed by atoms with E-state index in [4.69, 9.17) is 5.26 Å². The standard InChI is InChI=1S/C20H19N5OS2/c1-15-8-10-17(11-9-15)25(13-5-12-21)18(26)14-27-20-24-23-19(28-20)22-16-6-3-2-4-7-16/h2-4,6-11H,5,13-14H2,1H3,(H,22,23). The average Bonchev–Trinajstić information content (AvgIpc) is 3.16. The predicted molar refractivity (Wildman–Crippen MR) is 114 cm³/mol. The third-order valence-electron chi connectivity index (χ3n) is 3.84. The molecule has 28 heavy (non-hydrogen) atoms. The van der Waals surface area contributed by atoms with Gasteiger partial charge < -0.3 is 10.2 Å². The second kappa shape index (κ2) is 9.88. The van der Waals surface area contributed by atoms with E-state index in [0.29, 0.717) is 11.7 Å². The minimum Gasteiger partial charge on any atom is -0.330 e. The number of hydrogen-bond donors (Lipinski definition) is 1. The molecule has 0 unspecified atom stereocenters. The summed E-state index contributed by atoms with van der Waals surface area (Å²) < 4.78 is 0.718. The molecule has 0 fully saturated rings. The molecule has 1 N–H and O–H groups in total. The average molecular weight is 410 g/mol. The Hall–Kier alpha value is -2.89. The molecule has 6 nitrogen and oxygen atoms in total. The molecule has 0 saturated heterocycles. The maximum absolute atomic E-state index is 12.7. The molecule has 142 valence electrons. The van der Waals surface area contributed by atoms with Gasteiger partial charge in [-0.1, -0.05) is 59.0 Å². The second-order valence-electron chi connectivity index (χ2n) is 5.94. The molecule has 0 saturated carbocycles. The van der Waals surface area contributed by atoms with Gasteiger partial charge in [0.2, 0.25) is 11.0 Å². The lowest BCUT2D eigenvalue weighted by atomic mass is 10.2. The van der Waals surface area contributed by atoms with Crippen LogP contribution < -0.4 is 10.2 Å². The second-order valence-corrected chi connectivity index (χ2v) is 8.14. The molecule has 0 radical (unpaired) electrons. The van der Waals surface area contributed by atoms with Crippen LogP contribution in [0, 0.1) is 18.3 Å². The largest absolute Gasteiger partial charge is 0.330 e. The Balaban J connectivity index is 1.61. The summed E-state index contributed by atoms with van der Waals surface area (Å²) in [7, 11) is 0. The van der Waals surface area contributed by atoms with E-state index in [-0.39, 0.29) is 18.1 Å². The summed E-state index contributed by atoms with van der Waals surface area (Å²) in [4.78, 5) is 14.4. The monoisotopic (exact) mass is 409 g/mol. The number of amides is 1. The van der Waals surface area contributed by atoms with Crippen LogP contribution in [0.1, 0.15) is 12.0 Å². The van der Waals surface area contributed by atoms with Crippen LogP contribution in [0.15, 0.2) is 58.9 Å². The number of rotatable bonds is 8. The van der Waals surface area contributed by atoms with Crippen LogP contribution in [0.3, 0.4) is 0 Å². The van der Waals surface area contributed by atoms with Crippen molar-refractivity contribution in [2.24, 2.45) is 0 Å². The van der Waals surface area contributed by atoms with Gasteiger partial charge in [0.1, 0.15) is 0 Å². The first-order chi connectivity index (χ1) is 13.7. The van der Waals surface area contributed by atoms with Gasteiger partial charge in [0.15, 0.2) is 4.34 Å². The van der Waals surface area contributed by atoms with Crippen molar-refractivity contribution in [2.45, 2.75) is 17.7 Å². The van der Waals surface area contributed by atoms with E-state index >= 15 is 0 Å². The highest BCUT2D eigenvalue weighted by Crippen LogP contribution is 2.28. The number of carbonyl (C=O) groups is 1. The zero-order chi connectivity index (χ0) is 19.8. The number of para-hydroxylation sites is 1. The predicted octanol–water partition coefficient (Wildman–Crippen LogP) is 4.63. The van der Waals surface area contributed by atoms with Crippen molar-refractivity contribution < 1.29 is 4.79 Å². The van der Waals surface area contributed by atoms with Crippen LogP contribution in [-0.2, 0) is 4.79 Å². The Kier molecular flexibility index (Phi) is 7.00. The van der Waals surface area contributed by atoms with Gasteiger partial charge in [0.25, 0.3) is 0 Å². The molecular formula is C20H19N5OS2. The van der Waals surface area contributed by atoms with Crippen LogP contribution in [0.5, 0.6) is 0 Å². The van der Waals surface area contributed by atoms with Gasteiger partial charge in [-0.25, -0.2) is 0 Å². The molecular weight excluding hydrogens is 390 g/mol. The number of benzene rings is 2. The van der Waals surface area contributed by atoms with E-state index in [9.17, 15) is 4.79 Å². The highest BCUT2D eigenvalue weighted by atomic mass is 32.2. The summed E-state index contributed by atoms with van der Waals surface area (Å²) >= 11 is 2.75. The van der Waals surface area contributed by atoms with E-state index < -0.39 is 0 Å². The Bertz CT molecular complexity index is 951. The molecule has 0 atom stereocenters. The third-order valence-corrected chi connectivity index (χ3v) is 5.80. The number of anilines is 3. The van der Waals surface area contributed by atoms with Crippen molar-refractivity contribution in [2.75, 3.05) is 22.5 Å². The SMILES string of the molecule is Cc1ccc(N(CCC#N)C(=O)CSc2nnc(Nc3ccccc3)s2)cc1. The zero-order valence-electron chi connectivity index (χ0n) is 15.3. The van der Waals surface area contributed by atoms with E-state index in [1.54, 1.807) is 4.90 Å². The maximum atomic E-state index is 12.7. The number of hydrogen-bond acceptors (Lipinski definition) is 7. The lowest BCUT2D eigenvalue weighted by Crippen LogP contribution is -2.33. The number of aryl methyl sites for hydroxylation is 1. The van der Waals surface area contributed by atoms with Crippen molar-refractivity contribution in [1.29, 1.82) is 5.26 Å². The van der Waals surface area contributed by atoms with Gasteiger partial charge in [0, 0.05) is 17.9 Å². The van der Waals surface area contributed by atoms with Gasteiger partial charge in [-0.2, -0.15) is 5.26 Å². The summed E-state index contributed by atoms with van der Waals surface area (Å²) in [6.07, 6.45) is 0.286. The maximum Gasteiger partial charge on any atom is 0.237 e. The molecule has 2 aromatic carbocycles. The number of aromatic nitrogens is 2. The van der Waals surface area contributed by atoms with Crippen molar-refractivity contribution in [3.8, 4) is 6.07 Å². The molecule has 3 aromatic rings. The summed E-state index contributed by atoms with van der Waals surface area (Å²) in [5.74, 6) is 0.177. The van der Waals surface area contributed by atoms with Crippen molar-refractivity contribution >= 4 is 45.5 Å². The fourth-order valence-corrected chi connectivity index (χ4v) is 4.10. The Morgan fingerprint density at radius 1 is 1.18 bits per heavy atom. The number of nitrogens with one attached hydrogen (secondary N) is 1. The molecule has 1 heterocycles. The van der Waals surface area contributed by atoms with E-state index in [1.807, 2.05) is 61.5 Å². The summed E-state index contributed by atoms with van der Waals surface area (Å²) in [6, 6.07) is 19.6. The van der Waals surface area contributed by atoms with E-state index in [2.05, 4.69) is 21.6 Å². The Labute approximate surface area is 172 Å². The molecule has 0 aliphatic carbocycles. The fourth-order valence-electron chi connectivity index (χ4n) is 2.45. The lowest BCUT2D eigenvalue weighted by Gasteiger charge is -2.21. The van der Waals surface area contributed by atoms with Gasteiger partial charge in [-0.05, 0) is 31.2 Å². The number of thioether (sulfide) groups is 1.